The van der Waals surface area contributed by atoms with E-state index in [1.54, 1.807) is 7.05 Å². The third kappa shape index (κ3) is 2.25. The molecule has 1 saturated heterocycles. The Morgan fingerprint density at radius 3 is 2.70 bits per heavy atom. The molecule has 0 unspecified atom stereocenters. The molecule has 1 N–H and O–H groups in total. The van der Waals surface area contributed by atoms with E-state index in [1.807, 2.05) is 0 Å². The zero-order valence-corrected chi connectivity index (χ0v) is 6.25. The number of hydrogen-bond donors (Lipinski definition) is 1. The fraction of sp³-hybridized carbons (Fsp3) is 1.00. The Bertz CT molecular complexity index is 142. The molecule has 0 aromatic heterocycles. The van der Waals surface area contributed by atoms with Gasteiger partial charge in [0.2, 0.25) is 4.91 Å². The van der Waals surface area contributed by atoms with Gasteiger partial charge in [0.05, 0.1) is 0 Å². The van der Waals surface area contributed by atoms with E-state index in [-0.39, 0.29) is 0 Å². The van der Waals surface area contributed by atoms with Crippen LogP contribution < -0.4 is 10.2 Å². The average molecular weight is 141 g/mol. The molecular formula is C6H13N4+. The lowest BCUT2D eigenvalue weighted by Crippen LogP contribution is -2.29. The summed E-state index contributed by atoms with van der Waals surface area (Å²) < 4.78 is 0. The number of nitrogens with one attached hydrogen (secondary N) is 1. The molecule has 0 aromatic carbocycles. The topological polar surface area (TPSA) is 50.9 Å². The second-order valence-electron chi connectivity index (χ2n) is 2.39. The molecule has 4 heteroatoms. The van der Waals surface area contributed by atoms with E-state index in [0.717, 1.165) is 25.9 Å². The summed E-state index contributed by atoms with van der Waals surface area (Å²) in [5.74, 6) is 0. The predicted molar refractivity (Wildman–Crippen MR) is 38.8 cm³/mol. The molecule has 0 amide bonds. The van der Waals surface area contributed by atoms with Crippen molar-refractivity contribution in [2.24, 2.45) is 10.2 Å². The van der Waals surface area contributed by atoms with Gasteiger partial charge in [-0.25, -0.2) is 0 Å². The Balaban J connectivity index is 2.32. The van der Waals surface area contributed by atoms with Gasteiger partial charge in [-0.1, -0.05) is 0 Å². The highest BCUT2D eigenvalue weighted by atomic mass is 15.2. The van der Waals surface area contributed by atoms with Crippen LogP contribution in [0.3, 0.4) is 0 Å². The van der Waals surface area contributed by atoms with Crippen LogP contribution in [0.25, 0.3) is 0 Å². The molecule has 1 heterocycles. The molecule has 4 nitrogen and oxygen atoms in total. The van der Waals surface area contributed by atoms with Crippen LogP contribution in [0.2, 0.25) is 0 Å². The van der Waals surface area contributed by atoms with Crippen LogP contribution in [0.5, 0.6) is 0 Å². The van der Waals surface area contributed by atoms with Crippen LogP contribution in [-0.4, -0.2) is 26.2 Å². The van der Waals surface area contributed by atoms with Crippen molar-refractivity contribution in [1.82, 2.24) is 10.2 Å². The van der Waals surface area contributed by atoms with Crippen LogP contribution in [0.1, 0.15) is 12.8 Å². The van der Waals surface area contributed by atoms with Crippen LogP contribution in [0.4, 0.5) is 0 Å². The Kier molecular flexibility index (Phi) is 3.06. The van der Waals surface area contributed by atoms with Gasteiger partial charge in [0, 0.05) is 0 Å². The molecule has 0 atom stereocenters. The lowest BCUT2D eigenvalue weighted by Gasteiger charge is -2.13. The molecule has 0 aliphatic carbocycles. The summed E-state index contributed by atoms with van der Waals surface area (Å²) in [5.41, 5.74) is 0. The average Bonchev–Trinajstić information content (AvgIpc) is 2.03. The lowest BCUT2D eigenvalue weighted by molar-refractivity contribution is 0.443. The number of hydrogen-bond acceptors (Lipinski definition) is 3. The summed E-state index contributed by atoms with van der Waals surface area (Å²) in [5, 5.41) is 10.8. The van der Waals surface area contributed by atoms with Crippen molar-refractivity contribution < 1.29 is 0 Å². The Hall–Kier alpha value is -0.730. The van der Waals surface area contributed by atoms with E-state index in [1.165, 1.54) is 0 Å². The van der Waals surface area contributed by atoms with Crippen molar-refractivity contribution in [1.29, 1.82) is 0 Å². The maximum atomic E-state index is 4.02. The van der Waals surface area contributed by atoms with Gasteiger partial charge in [0.15, 0.2) is 0 Å². The van der Waals surface area contributed by atoms with E-state index in [9.17, 15) is 0 Å². The van der Waals surface area contributed by atoms with Crippen molar-refractivity contribution in [3.63, 3.8) is 0 Å². The Morgan fingerprint density at radius 1 is 1.40 bits per heavy atom. The van der Waals surface area contributed by atoms with E-state index >= 15 is 0 Å². The van der Waals surface area contributed by atoms with E-state index in [4.69, 9.17) is 0 Å². The second kappa shape index (κ2) is 4.14. The molecule has 0 spiro atoms. The van der Waals surface area contributed by atoms with Crippen LogP contribution in [0.15, 0.2) is 10.2 Å². The fourth-order valence-corrected chi connectivity index (χ4v) is 1.05. The second-order valence-corrected chi connectivity index (χ2v) is 2.39. The third-order valence-corrected chi connectivity index (χ3v) is 1.61. The zero-order chi connectivity index (χ0) is 7.23. The minimum atomic E-state index is 0.407. The molecular weight excluding hydrogens is 128 g/mol. The van der Waals surface area contributed by atoms with E-state index < -0.39 is 0 Å². The summed E-state index contributed by atoms with van der Waals surface area (Å²) in [6.45, 7) is 2.13. The highest BCUT2D eigenvalue weighted by Crippen LogP contribution is 2.04. The Morgan fingerprint density at radius 2 is 2.10 bits per heavy atom. The van der Waals surface area contributed by atoms with E-state index in [2.05, 4.69) is 20.5 Å². The molecule has 10 heavy (non-hydrogen) atoms. The van der Waals surface area contributed by atoms with Gasteiger partial charge in [0.25, 0.3) is 0 Å². The van der Waals surface area contributed by atoms with Gasteiger partial charge in [-0.3, -0.25) is 0 Å². The molecule has 0 aromatic rings. The Labute approximate surface area is 60.5 Å². The predicted octanol–water partition coefficient (Wildman–Crippen LogP) is 0.340. The maximum absolute atomic E-state index is 4.02. The molecule has 0 radical (unpaired) electrons. The molecule has 0 bridgehead atoms. The van der Waals surface area contributed by atoms with Gasteiger partial charge in [-0.2, -0.15) is 0 Å². The maximum Gasteiger partial charge on any atom is 0.216 e. The molecule has 1 fully saturated rings. The van der Waals surface area contributed by atoms with Gasteiger partial charge in [-0.15, -0.1) is 0 Å². The summed E-state index contributed by atoms with van der Waals surface area (Å²) in [6.07, 6.45) is 2.19. The van der Waals surface area contributed by atoms with Gasteiger partial charge < -0.3 is 5.32 Å². The van der Waals surface area contributed by atoms with E-state index in [0.29, 0.717) is 6.04 Å². The van der Waals surface area contributed by atoms with Crippen molar-refractivity contribution >= 4 is 0 Å². The van der Waals surface area contributed by atoms with Crippen molar-refractivity contribution in [3.05, 3.63) is 0 Å². The zero-order valence-electron chi connectivity index (χ0n) is 6.25. The molecule has 1 aliphatic heterocycles. The highest BCUT2D eigenvalue weighted by molar-refractivity contribution is 4.71. The van der Waals surface area contributed by atoms with Crippen molar-refractivity contribution in [2.45, 2.75) is 18.9 Å². The van der Waals surface area contributed by atoms with Gasteiger partial charge in [0.1, 0.15) is 23.3 Å². The molecule has 56 valence electrons. The highest BCUT2D eigenvalue weighted by Gasteiger charge is 2.15. The number of piperidine rings is 1. The van der Waals surface area contributed by atoms with Crippen molar-refractivity contribution in [2.75, 3.05) is 20.1 Å². The lowest BCUT2D eigenvalue weighted by atomic mass is 10.1. The van der Waals surface area contributed by atoms with Gasteiger partial charge in [-0.05, 0) is 25.9 Å². The molecule has 1 rings (SSSR count). The van der Waals surface area contributed by atoms with Crippen LogP contribution in [0, 0.1) is 0 Å². The quantitative estimate of drug-likeness (QED) is 0.415. The normalized spacial score (nSPS) is 19.7. The smallest absolute Gasteiger partial charge is 0.216 e. The van der Waals surface area contributed by atoms with Crippen LogP contribution in [-0.2, 0) is 0 Å². The van der Waals surface area contributed by atoms with Crippen molar-refractivity contribution in [3.8, 4) is 0 Å². The monoisotopic (exact) mass is 141 g/mol. The summed E-state index contributed by atoms with van der Waals surface area (Å²) >= 11 is 0. The first-order chi connectivity index (χ1) is 4.93. The molecule has 0 saturated carbocycles. The third-order valence-electron chi connectivity index (χ3n) is 1.61. The number of rotatable bonds is 1. The SMILES string of the molecule is CN=[N+]=NC1CCNCC1. The molecule has 1 aliphatic rings. The standard InChI is InChI=1S/C6H13N4/c1-7-10-9-6-2-4-8-5-3-6/h6,8H,2-5H2,1H3/q+1. The summed E-state index contributed by atoms with van der Waals surface area (Å²) in [6, 6.07) is 0.407. The number of nitrogens with zero attached hydrogens (tertiary/aromatic N) is 3. The van der Waals surface area contributed by atoms with Crippen LogP contribution >= 0.6 is 0 Å². The summed E-state index contributed by atoms with van der Waals surface area (Å²) in [4.78, 5) is 3.62. The minimum absolute atomic E-state index is 0.407. The first kappa shape index (κ1) is 7.38. The summed E-state index contributed by atoms with van der Waals surface area (Å²) in [7, 11) is 1.64. The fourth-order valence-electron chi connectivity index (χ4n) is 1.05. The van der Waals surface area contributed by atoms with Gasteiger partial charge >= 0.3 is 0 Å². The largest absolute Gasteiger partial charge is 0.317 e. The minimum Gasteiger partial charge on any atom is -0.317 e. The first-order valence-corrected chi connectivity index (χ1v) is 3.63. The first-order valence-electron chi connectivity index (χ1n) is 3.63.